The van der Waals surface area contributed by atoms with Crippen LogP contribution in [0.2, 0.25) is 31.2 Å². The molecule has 0 unspecified atom stereocenters. The molecule has 0 saturated carbocycles. The van der Waals surface area contributed by atoms with Crippen LogP contribution in [0.5, 0.6) is 0 Å². The van der Waals surface area contributed by atoms with E-state index in [-0.39, 0.29) is 11.1 Å². The van der Waals surface area contributed by atoms with Gasteiger partial charge < -0.3 is 4.43 Å². The van der Waals surface area contributed by atoms with Gasteiger partial charge in [0.05, 0.1) is 6.10 Å². The van der Waals surface area contributed by atoms with Gasteiger partial charge in [0.1, 0.15) is 8.07 Å². The first kappa shape index (κ1) is 18.4. The van der Waals surface area contributed by atoms with E-state index in [9.17, 15) is 0 Å². The van der Waals surface area contributed by atoms with Crippen LogP contribution in [0.15, 0.2) is 42.1 Å². The zero-order chi connectivity index (χ0) is 16.3. The first-order chi connectivity index (χ1) is 9.46. The van der Waals surface area contributed by atoms with Crippen molar-refractivity contribution < 1.29 is 4.43 Å². The standard InChI is InChI=1S/C18H32OSi2/c1-16(19-21(7,8)18(2,3)4)14-15-20(5,6)17-12-10-9-11-13-17/h9-16H,1-8H3/b15-14+/t16-/m0/s1. The van der Waals surface area contributed by atoms with E-state index in [4.69, 9.17) is 4.43 Å². The van der Waals surface area contributed by atoms with Crippen LogP contribution in [0.1, 0.15) is 27.7 Å². The summed E-state index contributed by atoms with van der Waals surface area (Å²) in [6, 6.07) is 10.8. The third-order valence-electron chi connectivity index (χ3n) is 4.59. The van der Waals surface area contributed by atoms with Gasteiger partial charge in [0, 0.05) is 0 Å². The second-order valence-corrected chi connectivity index (χ2v) is 17.1. The number of rotatable bonds is 5. The van der Waals surface area contributed by atoms with Gasteiger partial charge >= 0.3 is 0 Å². The fraction of sp³-hybridized carbons (Fsp3) is 0.556. The van der Waals surface area contributed by atoms with Crippen LogP contribution in [0.4, 0.5) is 0 Å². The van der Waals surface area contributed by atoms with Gasteiger partial charge in [0.15, 0.2) is 8.32 Å². The molecule has 0 aliphatic carbocycles. The molecule has 0 amide bonds. The van der Waals surface area contributed by atoms with Gasteiger partial charge in [-0.25, -0.2) is 0 Å². The quantitative estimate of drug-likeness (QED) is 0.685. The zero-order valence-corrected chi connectivity index (χ0v) is 17.0. The minimum atomic E-state index is -1.68. The van der Waals surface area contributed by atoms with E-state index < -0.39 is 16.4 Å². The Hall–Kier alpha value is -0.646. The Morgan fingerprint density at radius 3 is 2.00 bits per heavy atom. The molecule has 3 heteroatoms. The molecule has 21 heavy (non-hydrogen) atoms. The number of hydrogen-bond acceptors (Lipinski definition) is 1. The monoisotopic (exact) mass is 320 g/mol. The van der Waals surface area contributed by atoms with Crippen LogP contribution in [-0.4, -0.2) is 22.5 Å². The summed E-state index contributed by atoms with van der Waals surface area (Å²) in [5.74, 6) is 0. The van der Waals surface area contributed by atoms with Crippen LogP contribution in [0.3, 0.4) is 0 Å². The fourth-order valence-corrected chi connectivity index (χ4v) is 5.38. The lowest BCUT2D eigenvalue weighted by molar-refractivity contribution is 0.243. The first-order valence-corrected chi connectivity index (χ1v) is 13.9. The highest BCUT2D eigenvalue weighted by Gasteiger charge is 2.38. The molecule has 1 aromatic carbocycles. The van der Waals surface area contributed by atoms with E-state index in [0.717, 1.165) is 0 Å². The topological polar surface area (TPSA) is 9.23 Å². The second kappa shape index (κ2) is 6.63. The molecule has 0 heterocycles. The highest BCUT2D eigenvalue weighted by Crippen LogP contribution is 2.37. The molecule has 1 rings (SSSR count). The molecular formula is C18H32OSi2. The maximum atomic E-state index is 6.41. The van der Waals surface area contributed by atoms with Crippen molar-refractivity contribution in [1.82, 2.24) is 0 Å². The average Bonchev–Trinajstić information content (AvgIpc) is 2.36. The van der Waals surface area contributed by atoms with Crippen molar-refractivity contribution in [3.8, 4) is 0 Å². The van der Waals surface area contributed by atoms with Crippen LogP contribution >= 0.6 is 0 Å². The third-order valence-corrected chi connectivity index (χ3v) is 12.0. The van der Waals surface area contributed by atoms with Crippen LogP contribution < -0.4 is 5.19 Å². The molecule has 0 radical (unpaired) electrons. The van der Waals surface area contributed by atoms with Crippen molar-refractivity contribution in [2.24, 2.45) is 0 Å². The Morgan fingerprint density at radius 2 is 1.52 bits per heavy atom. The summed E-state index contributed by atoms with van der Waals surface area (Å²) in [5.41, 5.74) is 2.42. The SMILES string of the molecule is C[C@@H](/C=C/[Si](C)(C)c1ccccc1)O[Si](C)(C)C(C)(C)C. The van der Waals surface area contributed by atoms with Crippen molar-refractivity contribution in [3.05, 3.63) is 42.1 Å². The van der Waals surface area contributed by atoms with Crippen LogP contribution in [-0.2, 0) is 4.43 Å². The summed E-state index contributed by atoms with van der Waals surface area (Å²) in [6.07, 6.45) is 2.47. The molecule has 1 nitrogen and oxygen atoms in total. The summed E-state index contributed by atoms with van der Waals surface area (Å²) in [5, 5.41) is 1.74. The van der Waals surface area contributed by atoms with Crippen molar-refractivity contribution in [1.29, 1.82) is 0 Å². The number of benzene rings is 1. The minimum absolute atomic E-state index is 0.196. The molecule has 0 aliphatic rings. The molecule has 0 bridgehead atoms. The predicted octanol–water partition coefficient (Wildman–Crippen LogP) is 5.11. The average molecular weight is 321 g/mol. The van der Waals surface area contributed by atoms with Gasteiger partial charge in [-0.05, 0) is 25.1 Å². The molecule has 118 valence electrons. The van der Waals surface area contributed by atoms with E-state index in [1.165, 1.54) is 5.19 Å². The Labute approximate surface area is 133 Å². The maximum absolute atomic E-state index is 6.41. The molecule has 1 atom stereocenters. The molecule has 0 N–H and O–H groups in total. The van der Waals surface area contributed by atoms with E-state index in [1.807, 2.05) is 0 Å². The maximum Gasteiger partial charge on any atom is 0.192 e. The molecule has 0 saturated heterocycles. The Bertz CT molecular complexity index is 470. The summed E-state index contributed by atoms with van der Waals surface area (Å²) in [6.45, 7) is 18.4. The summed E-state index contributed by atoms with van der Waals surface area (Å²) >= 11 is 0. The van der Waals surface area contributed by atoms with Gasteiger partial charge in [-0.2, -0.15) is 0 Å². The Balaban J connectivity index is 2.77. The van der Waals surface area contributed by atoms with Gasteiger partial charge in [-0.3, -0.25) is 0 Å². The van der Waals surface area contributed by atoms with Gasteiger partial charge in [-0.15, -0.1) is 0 Å². The second-order valence-electron chi connectivity index (χ2n) is 8.03. The predicted molar refractivity (Wildman–Crippen MR) is 100 cm³/mol. The summed E-state index contributed by atoms with van der Waals surface area (Å²) in [7, 11) is -3.19. The molecular weight excluding hydrogens is 288 g/mol. The highest BCUT2D eigenvalue weighted by molar-refractivity contribution is 6.93. The van der Waals surface area contributed by atoms with Gasteiger partial charge in [0.25, 0.3) is 0 Å². The largest absolute Gasteiger partial charge is 0.411 e. The van der Waals surface area contributed by atoms with Crippen molar-refractivity contribution in [2.75, 3.05) is 0 Å². The lowest BCUT2D eigenvalue weighted by atomic mass is 10.2. The Morgan fingerprint density at radius 1 is 1.00 bits per heavy atom. The lowest BCUT2D eigenvalue weighted by Crippen LogP contribution is -2.43. The van der Waals surface area contributed by atoms with E-state index >= 15 is 0 Å². The third kappa shape index (κ3) is 5.24. The molecule has 0 spiro atoms. The van der Waals surface area contributed by atoms with Crippen LogP contribution in [0.25, 0.3) is 0 Å². The molecule has 1 aromatic rings. The first-order valence-electron chi connectivity index (χ1n) is 7.88. The van der Waals surface area contributed by atoms with Crippen molar-refractivity contribution >= 4 is 21.6 Å². The van der Waals surface area contributed by atoms with Gasteiger partial charge in [-0.1, -0.05) is 81.2 Å². The van der Waals surface area contributed by atoms with E-state index in [2.05, 4.69) is 96.0 Å². The Kier molecular flexibility index (Phi) is 5.81. The van der Waals surface area contributed by atoms with Crippen molar-refractivity contribution in [3.63, 3.8) is 0 Å². The van der Waals surface area contributed by atoms with Gasteiger partial charge in [0.2, 0.25) is 0 Å². The fourth-order valence-electron chi connectivity index (χ4n) is 2.02. The summed E-state index contributed by atoms with van der Waals surface area (Å²) < 4.78 is 6.41. The van der Waals surface area contributed by atoms with E-state index in [0.29, 0.717) is 0 Å². The van der Waals surface area contributed by atoms with Crippen molar-refractivity contribution in [2.45, 2.75) is 65.0 Å². The normalized spacial score (nSPS) is 15.4. The number of hydrogen-bond donors (Lipinski definition) is 0. The molecule has 0 aromatic heterocycles. The molecule has 0 fully saturated rings. The smallest absolute Gasteiger partial charge is 0.192 e. The summed E-state index contributed by atoms with van der Waals surface area (Å²) in [4.78, 5) is 0. The highest BCUT2D eigenvalue weighted by atomic mass is 28.4. The minimum Gasteiger partial charge on any atom is -0.411 e. The molecule has 0 aliphatic heterocycles. The lowest BCUT2D eigenvalue weighted by Gasteiger charge is -2.38. The van der Waals surface area contributed by atoms with Crippen LogP contribution in [0, 0.1) is 0 Å². The zero-order valence-electron chi connectivity index (χ0n) is 15.0. The van der Waals surface area contributed by atoms with E-state index in [1.54, 1.807) is 0 Å².